The number of hydrogen-bond donors (Lipinski definition) is 1. The summed E-state index contributed by atoms with van der Waals surface area (Å²) in [4.78, 5) is 0. The highest BCUT2D eigenvalue weighted by atomic mass is 16.5. The maximum Gasteiger partial charge on any atom is 0.315 e. The van der Waals surface area contributed by atoms with Crippen molar-refractivity contribution in [2.45, 2.75) is 26.3 Å². The van der Waals surface area contributed by atoms with Gasteiger partial charge in [-0.25, -0.2) is 0 Å². The number of para-hydroxylation sites is 1. The predicted molar refractivity (Wildman–Crippen MR) is 68.6 cm³/mol. The summed E-state index contributed by atoms with van der Waals surface area (Å²) in [6.45, 7) is 2.67. The van der Waals surface area contributed by atoms with Crippen molar-refractivity contribution in [1.29, 1.82) is 0 Å². The molecule has 1 aromatic heterocycles. The molecule has 0 radical (unpaired) electrons. The molecule has 2 rings (SSSR count). The minimum Gasteiger partial charge on any atom is -0.496 e. The van der Waals surface area contributed by atoms with E-state index in [1.54, 1.807) is 7.11 Å². The first-order chi connectivity index (χ1) is 8.83. The molecule has 0 aliphatic rings. The second-order valence-electron chi connectivity index (χ2n) is 3.92. The first-order valence-electron chi connectivity index (χ1n) is 6.01. The number of benzene rings is 1. The fourth-order valence-electron chi connectivity index (χ4n) is 1.66. The van der Waals surface area contributed by atoms with Crippen molar-refractivity contribution < 1.29 is 9.15 Å². The molecule has 0 unspecified atom stereocenters. The molecule has 0 fully saturated rings. The van der Waals surface area contributed by atoms with Gasteiger partial charge in [0.1, 0.15) is 5.75 Å². The molecule has 0 bridgehead atoms. The minimum absolute atomic E-state index is 0.448. The average Bonchev–Trinajstić information content (AvgIpc) is 2.85. The zero-order chi connectivity index (χ0) is 12.8. The number of aryl methyl sites for hydroxylation is 1. The van der Waals surface area contributed by atoms with Crippen LogP contribution in [0.15, 0.2) is 28.7 Å². The Balaban J connectivity index is 1.97. The summed E-state index contributed by atoms with van der Waals surface area (Å²) in [5.41, 5.74) is 1.05. The summed E-state index contributed by atoms with van der Waals surface area (Å²) in [6.07, 6.45) is 1.80. The fourth-order valence-corrected chi connectivity index (χ4v) is 1.66. The Morgan fingerprint density at radius 2 is 2.11 bits per heavy atom. The van der Waals surface area contributed by atoms with Gasteiger partial charge in [-0.1, -0.05) is 30.2 Å². The molecule has 0 aliphatic carbocycles. The van der Waals surface area contributed by atoms with Gasteiger partial charge in [0.25, 0.3) is 0 Å². The molecule has 0 atom stereocenters. The van der Waals surface area contributed by atoms with Gasteiger partial charge in [0.05, 0.1) is 7.11 Å². The van der Waals surface area contributed by atoms with Gasteiger partial charge in [0.15, 0.2) is 0 Å². The van der Waals surface area contributed by atoms with Gasteiger partial charge >= 0.3 is 6.01 Å². The van der Waals surface area contributed by atoms with Crippen molar-refractivity contribution in [3.8, 4) is 5.75 Å². The number of nitrogens with one attached hydrogen (secondary N) is 1. The van der Waals surface area contributed by atoms with E-state index in [2.05, 4.69) is 22.4 Å². The van der Waals surface area contributed by atoms with Crippen LogP contribution in [-0.4, -0.2) is 17.3 Å². The second-order valence-corrected chi connectivity index (χ2v) is 3.92. The molecular weight excluding hydrogens is 230 g/mol. The number of nitrogens with zero attached hydrogens (tertiary/aromatic N) is 2. The summed E-state index contributed by atoms with van der Waals surface area (Å²) >= 11 is 0. The van der Waals surface area contributed by atoms with Crippen molar-refractivity contribution in [2.24, 2.45) is 0 Å². The molecule has 96 valence electrons. The maximum absolute atomic E-state index is 5.45. The summed E-state index contributed by atoms with van der Waals surface area (Å²) < 4.78 is 10.7. The SMILES string of the molecule is CCCc1nnc(NCc2ccccc2OC)o1. The standard InChI is InChI=1S/C13H17N3O2/c1-3-6-12-15-16-13(18-12)14-9-10-7-4-5-8-11(10)17-2/h4-5,7-8H,3,6,9H2,1-2H3,(H,14,16). The molecule has 5 heteroatoms. The molecule has 1 N–H and O–H groups in total. The van der Waals surface area contributed by atoms with Gasteiger partial charge in [0.2, 0.25) is 5.89 Å². The van der Waals surface area contributed by atoms with Crippen LogP contribution >= 0.6 is 0 Å². The molecule has 1 heterocycles. The number of ether oxygens (including phenoxy) is 1. The van der Waals surface area contributed by atoms with Crippen LogP contribution in [0.25, 0.3) is 0 Å². The van der Waals surface area contributed by atoms with Crippen LogP contribution in [0.1, 0.15) is 24.8 Å². The van der Waals surface area contributed by atoms with Gasteiger partial charge in [0, 0.05) is 18.5 Å². The van der Waals surface area contributed by atoms with E-state index in [9.17, 15) is 0 Å². The van der Waals surface area contributed by atoms with Crippen LogP contribution in [0.2, 0.25) is 0 Å². The highest BCUT2D eigenvalue weighted by molar-refractivity contribution is 5.35. The molecule has 5 nitrogen and oxygen atoms in total. The van der Waals surface area contributed by atoms with E-state index in [0.29, 0.717) is 18.5 Å². The number of methoxy groups -OCH3 is 1. The topological polar surface area (TPSA) is 60.2 Å². The van der Waals surface area contributed by atoms with Gasteiger partial charge in [-0.2, -0.15) is 0 Å². The number of rotatable bonds is 6. The predicted octanol–water partition coefficient (Wildman–Crippen LogP) is 2.64. The van der Waals surface area contributed by atoms with Crippen LogP contribution in [0.3, 0.4) is 0 Å². The van der Waals surface area contributed by atoms with Crippen LogP contribution < -0.4 is 10.1 Å². The highest BCUT2D eigenvalue weighted by Gasteiger charge is 2.06. The third kappa shape index (κ3) is 3.00. The van der Waals surface area contributed by atoms with E-state index in [4.69, 9.17) is 9.15 Å². The summed E-state index contributed by atoms with van der Waals surface area (Å²) in [5.74, 6) is 1.51. The lowest BCUT2D eigenvalue weighted by atomic mass is 10.2. The lowest BCUT2D eigenvalue weighted by molar-refractivity contribution is 0.410. The van der Waals surface area contributed by atoms with Crippen LogP contribution in [0.5, 0.6) is 5.75 Å². The highest BCUT2D eigenvalue weighted by Crippen LogP contribution is 2.18. The van der Waals surface area contributed by atoms with Crippen molar-refractivity contribution in [3.05, 3.63) is 35.7 Å². The third-order valence-electron chi connectivity index (χ3n) is 2.55. The second kappa shape index (κ2) is 6.05. The Morgan fingerprint density at radius 3 is 2.89 bits per heavy atom. The van der Waals surface area contributed by atoms with Crippen molar-refractivity contribution in [3.63, 3.8) is 0 Å². The van der Waals surface area contributed by atoms with Crippen molar-refractivity contribution in [2.75, 3.05) is 12.4 Å². The normalized spacial score (nSPS) is 10.3. The van der Waals surface area contributed by atoms with E-state index in [1.807, 2.05) is 24.3 Å². The van der Waals surface area contributed by atoms with Crippen molar-refractivity contribution in [1.82, 2.24) is 10.2 Å². The molecule has 2 aromatic rings. The Hall–Kier alpha value is -2.04. The summed E-state index contributed by atoms with van der Waals surface area (Å²) in [7, 11) is 1.66. The van der Waals surface area contributed by atoms with Gasteiger partial charge in [-0.3, -0.25) is 0 Å². The lowest BCUT2D eigenvalue weighted by Crippen LogP contribution is -2.01. The Labute approximate surface area is 106 Å². The number of aromatic nitrogens is 2. The summed E-state index contributed by atoms with van der Waals surface area (Å²) in [6, 6.07) is 8.27. The molecule has 0 aliphatic heterocycles. The van der Waals surface area contributed by atoms with E-state index in [-0.39, 0.29) is 0 Å². The van der Waals surface area contributed by atoms with Crippen LogP contribution in [-0.2, 0) is 13.0 Å². The number of anilines is 1. The largest absolute Gasteiger partial charge is 0.496 e. The Kier molecular flexibility index (Phi) is 4.17. The smallest absolute Gasteiger partial charge is 0.315 e. The molecule has 18 heavy (non-hydrogen) atoms. The van der Waals surface area contributed by atoms with Crippen molar-refractivity contribution >= 4 is 6.01 Å². The van der Waals surface area contributed by atoms with Gasteiger partial charge in [-0.05, 0) is 12.5 Å². The maximum atomic E-state index is 5.45. The lowest BCUT2D eigenvalue weighted by Gasteiger charge is -2.07. The zero-order valence-corrected chi connectivity index (χ0v) is 10.6. The molecule has 0 amide bonds. The van der Waals surface area contributed by atoms with E-state index in [0.717, 1.165) is 24.2 Å². The number of hydrogen-bond acceptors (Lipinski definition) is 5. The van der Waals surface area contributed by atoms with Gasteiger partial charge in [-0.15, -0.1) is 5.10 Å². The van der Waals surface area contributed by atoms with E-state index < -0.39 is 0 Å². The average molecular weight is 247 g/mol. The van der Waals surface area contributed by atoms with Gasteiger partial charge < -0.3 is 14.5 Å². The van der Waals surface area contributed by atoms with E-state index >= 15 is 0 Å². The summed E-state index contributed by atoms with van der Waals surface area (Å²) in [5, 5.41) is 11.0. The Morgan fingerprint density at radius 1 is 1.28 bits per heavy atom. The first kappa shape index (κ1) is 12.4. The van der Waals surface area contributed by atoms with E-state index in [1.165, 1.54) is 0 Å². The zero-order valence-electron chi connectivity index (χ0n) is 10.6. The quantitative estimate of drug-likeness (QED) is 0.850. The molecule has 0 saturated carbocycles. The molecule has 0 spiro atoms. The fraction of sp³-hybridized carbons (Fsp3) is 0.385. The minimum atomic E-state index is 0.448. The Bertz CT molecular complexity index is 496. The first-order valence-corrected chi connectivity index (χ1v) is 6.01. The van der Waals surface area contributed by atoms with Crippen LogP contribution in [0, 0.1) is 0 Å². The van der Waals surface area contributed by atoms with Crippen LogP contribution in [0.4, 0.5) is 6.01 Å². The molecular formula is C13H17N3O2. The monoisotopic (exact) mass is 247 g/mol. The molecule has 1 aromatic carbocycles. The molecule has 0 saturated heterocycles. The third-order valence-corrected chi connectivity index (χ3v) is 2.55.